The van der Waals surface area contributed by atoms with Crippen molar-refractivity contribution < 1.29 is 9.90 Å². The molecule has 2 aromatic carbocycles. The molecule has 3 heteroatoms. The van der Waals surface area contributed by atoms with E-state index < -0.39 is 0 Å². The third-order valence-electron chi connectivity index (χ3n) is 4.23. The van der Waals surface area contributed by atoms with E-state index >= 15 is 0 Å². The fourth-order valence-electron chi connectivity index (χ4n) is 2.66. The summed E-state index contributed by atoms with van der Waals surface area (Å²) >= 11 is 0. The van der Waals surface area contributed by atoms with Crippen LogP contribution in [-0.2, 0) is 11.4 Å². The van der Waals surface area contributed by atoms with Gasteiger partial charge in [-0.05, 0) is 48.9 Å². The summed E-state index contributed by atoms with van der Waals surface area (Å²) in [4.78, 5) is 12.4. The van der Waals surface area contributed by atoms with Gasteiger partial charge in [0.25, 0.3) is 0 Å². The highest BCUT2D eigenvalue weighted by Crippen LogP contribution is 2.25. The van der Waals surface area contributed by atoms with Gasteiger partial charge in [0.1, 0.15) is 0 Å². The number of benzene rings is 2. The minimum Gasteiger partial charge on any atom is -0.392 e. The van der Waals surface area contributed by atoms with Crippen LogP contribution in [0.5, 0.6) is 0 Å². The second kappa shape index (κ2) is 7.93. The molecule has 0 aromatic heterocycles. The molecule has 2 N–H and O–H groups in total. The molecular formula is C20H25NO2. The number of hydrogen-bond donors (Lipinski definition) is 2. The number of aliphatic hydroxyl groups excluding tert-OH is 1. The number of aliphatic hydroxyl groups is 1. The van der Waals surface area contributed by atoms with Gasteiger partial charge < -0.3 is 10.4 Å². The molecule has 1 atom stereocenters. The topological polar surface area (TPSA) is 49.3 Å². The fraction of sp³-hybridized carbons (Fsp3) is 0.350. The van der Waals surface area contributed by atoms with Gasteiger partial charge in [-0.25, -0.2) is 0 Å². The minimum atomic E-state index is -0.0237. The maximum Gasteiger partial charge on any atom is 0.224 e. The summed E-state index contributed by atoms with van der Waals surface area (Å²) in [5, 5.41) is 12.2. The van der Waals surface area contributed by atoms with Crippen molar-refractivity contribution in [1.82, 2.24) is 0 Å². The van der Waals surface area contributed by atoms with Crippen LogP contribution in [0.15, 0.2) is 42.5 Å². The zero-order chi connectivity index (χ0) is 16.8. The molecule has 2 rings (SSSR count). The van der Waals surface area contributed by atoms with Crippen molar-refractivity contribution in [2.24, 2.45) is 0 Å². The molecule has 0 aliphatic carbocycles. The average Bonchev–Trinajstić information content (AvgIpc) is 2.55. The van der Waals surface area contributed by atoms with Gasteiger partial charge in [0, 0.05) is 12.1 Å². The molecule has 0 radical (unpaired) electrons. The van der Waals surface area contributed by atoms with Crippen LogP contribution in [-0.4, -0.2) is 11.0 Å². The van der Waals surface area contributed by atoms with E-state index in [2.05, 4.69) is 43.4 Å². The molecule has 0 fully saturated rings. The van der Waals surface area contributed by atoms with E-state index in [-0.39, 0.29) is 18.4 Å². The summed E-state index contributed by atoms with van der Waals surface area (Å²) in [6.45, 7) is 6.10. The lowest BCUT2D eigenvalue weighted by Gasteiger charge is -2.16. The molecule has 0 saturated carbocycles. The molecule has 0 bridgehead atoms. The van der Waals surface area contributed by atoms with Gasteiger partial charge in [-0.3, -0.25) is 4.79 Å². The summed E-state index contributed by atoms with van der Waals surface area (Å²) in [5.74, 6) is 0.229. The molecule has 2 aromatic rings. The van der Waals surface area contributed by atoms with Crippen LogP contribution in [0.1, 0.15) is 47.9 Å². The lowest BCUT2D eigenvalue weighted by molar-refractivity contribution is -0.116. The normalized spacial score (nSPS) is 12.0. The van der Waals surface area contributed by atoms with Crippen molar-refractivity contribution in [2.75, 3.05) is 5.32 Å². The summed E-state index contributed by atoms with van der Waals surface area (Å²) < 4.78 is 0. The van der Waals surface area contributed by atoms with E-state index in [9.17, 15) is 9.90 Å². The Labute approximate surface area is 138 Å². The van der Waals surface area contributed by atoms with Crippen LogP contribution >= 0.6 is 0 Å². The molecule has 0 aliphatic rings. The van der Waals surface area contributed by atoms with Crippen molar-refractivity contribution in [3.63, 3.8) is 0 Å². The predicted molar refractivity (Wildman–Crippen MR) is 94.6 cm³/mol. The molecule has 0 spiro atoms. The predicted octanol–water partition coefficient (Wildman–Crippen LogP) is 4.32. The van der Waals surface area contributed by atoms with E-state index in [4.69, 9.17) is 0 Å². The number of carbonyl (C=O) groups is 1. The molecule has 0 saturated heterocycles. The van der Waals surface area contributed by atoms with Crippen LogP contribution in [0.4, 0.5) is 5.69 Å². The third-order valence-corrected chi connectivity index (χ3v) is 4.23. The van der Waals surface area contributed by atoms with Crippen molar-refractivity contribution in [2.45, 2.75) is 46.1 Å². The maximum absolute atomic E-state index is 12.4. The van der Waals surface area contributed by atoms with Crippen LogP contribution in [0.25, 0.3) is 0 Å². The number of anilines is 1. The third kappa shape index (κ3) is 4.67. The highest BCUT2D eigenvalue weighted by Gasteiger charge is 2.15. The zero-order valence-electron chi connectivity index (χ0n) is 14.1. The highest BCUT2D eigenvalue weighted by molar-refractivity contribution is 5.92. The Morgan fingerprint density at radius 1 is 1.13 bits per heavy atom. The van der Waals surface area contributed by atoms with Crippen molar-refractivity contribution in [3.8, 4) is 0 Å². The van der Waals surface area contributed by atoms with Gasteiger partial charge in [0.2, 0.25) is 5.91 Å². The van der Waals surface area contributed by atoms with Crippen LogP contribution in [0.3, 0.4) is 0 Å². The van der Waals surface area contributed by atoms with Gasteiger partial charge in [-0.2, -0.15) is 0 Å². The Morgan fingerprint density at radius 2 is 1.83 bits per heavy atom. The van der Waals surface area contributed by atoms with Crippen LogP contribution < -0.4 is 5.32 Å². The lowest BCUT2D eigenvalue weighted by Crippen LogP contribution is -2.16. The van der Waals surface area contributed by atoms with Crippen molar-refractivity contribution >= 4 is 11.6 Å². The summed E-state index contributed by atoms with van der Waals surface area (Å²) in [5.41, 5.74) is 5.01. The summed E-state index contributed by atoms with van der Waals surface area (Å²) in [6, 6.07) is 14.0. The SMILES string of the molecule is CCC(CC(=O)Nc1cc(CO)ccc1C)c1ccc(C)cc1. The number of nitrogens with one attached hydrogen (secondary N) is 1. The summed E-state index contributed by atoms with van der Waals surface area (Å²) in [7, 11) is 0. The fourth-order valence-corrected chi connectivity index (χ4v) is 2.66. The maximum atomic E-state index is 12.4. The summed E-state index contributed by atoms with van der Waals surface area (Å²) in [6.07, 6.45) is 1.38. The number of aryl methyl sites for hydroxylation is 2. The minimum absolute atomic E-state index is 0.00983. The number of amides is 1. The van der Waals surface area contributed by atoms with Crippen LogP contribution in [0, 0.1) is 13.8 Å². The molecular weight excluding hydrogens is 286 g/mol. The Kier molecular flexibility index (Phi) is 5.94. The molecule has 23 heavy (non-hydrogen) atoms. The van der Waals surface area contributed by atoms with Crippen LogP contribution in [0.2, 0.25) is 0 Å². The van der Waals surface area contributed by atoms with Crippen molar-refractivity contribution in [3.05, 3.63) is 64.7 Å². The first kappa shape index (κ1) is 17.2. The number of rotatable bonds is 6. The Hall–Kier alpha value is -2.13. The zero-order valence-corrected chi connectivity index (χ0v) is 14.1. The van der Waals surface area contributed by atoms with E-state index in [0.29, 0.717) is 6.42 Å². The monoisotopic (exact) mass is 311 g/mol. The largest absolute Gasteiger partial charge is 0.392 e. The second-order valence-corrected chi connectivity index (χ2v) is 6.08. The Balaban J connectivity index is 2.07. The van der Waals surface area contributed by atoms with Gasteiger partial charge in [0.05, 0.1) is 6.61 Å². The average molecular weight is 311 g/mol. The van der Waals surface area contributed by atoms with Gasteiger partial charge in [-0.15, -0.1) is 0 Å². The van der Waals surface area contributed by atoms with Gasteiger partial charge in [0.15, 0.2) is 0 Å². The quantitative estimate of drug-likeness (QED) is 0.835. The van der Waals surface area contributed by atoms with E-state index in [0.717, 1.165) is 23.2 Å². The van der Waals surface area contributed by atoms with E-state index in [1.54, 1.807) is 0 Å². The van der Waals surface area contributed by atoms with E-state index in [1.165, 1.54) is 11.1 Å². The first-order chi connectivity index (χ1) is 11.0. The smallest absolute Gasteiger partial charge is 0.224 e. The van der Waals surface area contributed by atoms with Gasteiger partial charge >= 0.3 is 0 Å². The Morgan fingerprint density at radius 3 is 2.43 bits per heavy atom. The highest BCUT2D eigenvalue weighted by atomic mass is 16.3. The molecule has 1 unspecified atom stereocenters. The standard InChI is InChI=1S/C20H25NO2/c1-4-17(18-9-5-14(2)6-10-18)12-20(23)21-19-11-16(13-22)8-7-15(19)3/h5-11,17,22H,4,12-13H2,1-3H3,(H,21,23). The number of carbonyl (C=O) groups excluding carboxylic acids is 1. The molecule has 0 aliphatic heterocycles. The number of hydrogen-bond acceptors (Lipinski definition) is 2. The Bertz CT molecular complexity index is 662. The molecule has 3 nitrogen and oxygen atoms in total. The first-order valence-electron chi connectivity index (χ1n) is 8.10. The second-order valence-electron chi connectivity index (χ2n) is 6.08. The lowest BCUT2D eigenvalue weighted by atomic mass is 9.92. The molecule has 1 amide bonds. The van der Waals surface area contributed by atoms with Crippen molar-refractivity contribution in [1.29, 1.82) is 0 Å². The molecule has 0 heterocycles. The van der Waals surface area contributed by atoms with Gasteiger partial charge in [-0.1, -0.05) is 48.9 Å². The first-order valence-corrected chi connectivity index (χ1v) is 8.10. The van der Waals surface area contributed by atoms with E-state index in [1.807, 2.05) is 25.1 Å². The molecule has 122 valence electrons.